The first-order valence-electron chi connectivity index (χ1n) is 8.80. The summed E-state index contributed by atoms with van der Waals surface area (Å²) in [5, 5.41) is 0.352. The number of aromatic nitrogens is 2. The van der Waals surface area contributed by atoms with E-state index in [0.29, 0.717) is 28.6 Å². The molecule has 1 aliphatic heterocycles. The van der Waals surface area contributed by atoms with Crippen LogP contribution in [0.15, 0.2) is 73.1 Å². The maximum atomic E-state index is 15.3. The average molecular weight is 371 g/mol. The van der Waals surface area contributed by atoms with Crippen LogP contribution in [0.1, 0.15) is 26.4 Å². The number of benzene rings is 2. The smallest absolute Gasteiger partial charge is 0.266 e. The highest BCUT2D eigenvalue weighted by molar-refractivity contribution is 6.34. The number of hydrogen-bond acceptors (Lipinski definition) is 3. The van der Waals surface area contributed by atoms with E-state index in [1.807, 2.05) is 22.8 Å². The van der Waals surface area contributed by atoms with Crippen LogP contribution in [0.3, 0.4) is 0 Å². The van der Waals surface area contributed by atoms with Crippen LogP contribution in [0, 0.1) is 5.82 Å². The molecular weight excluding hydrogens is 357 g/mol. The van der Waals surface area contributed by atoms with Gasteiger partial charge in [0.2, 0.25) is 0 Å². The van der Waals surface area contributed by atoms with E-state index in [-0.39, 0.29) is 5.69 Å². The molecule has 2 aromatic carbocycles. The molecule has 4 aromatic rings. The van der Waals surface area contributed by atoms with Crippen molar-refractivity contribution in [3.05, 3.63) is 95.7 Å². The lowest BCUT2D eigenvalue weighted by Crippen LogP contribution is -2.30. The third kappa shape index (κ3) is 2.35. The lowest BCUT2D eigenvalue weighted by atomic mass is 10.1. The number of imide groups is 1. The molecule has 0 unspecified atom stereocenters. The van der Waals surface area contributed by atoms with Gasteiger partial charge in [-0.05, 0) is 42.5 Å². The van der Waals surface area contributed by atoms with Crippen molar-refractivity contribution in [3.63, 3.8) is 0 Å². The number of amides is 2. The van der Waals surface area contributed by atoms with E-state index in [9.17, 15) is 9.59 Å². The van der Waals surface area contributed by atoms with Crippen molar-refractivity contribution >= 4 is 28.4 Å². The van der Waals surface area contributed by atoms with Crippen LogP contribution in [0.2, 0.25) is 0 Å². The van der Waals surface area contributed by atoms with E-state index in [1.165, 1.54) is 6.07 Å². The van der Waals surface area contributed by atoms with Crippen LogP contribution in [0.25, 0.3) is 10.9 Å². The minimum absolute atomic E-state index is 0.0331. The van der Waals surface area contributed by atoms with E-state index in [1.54, 1.807) is 48.8 Å². The van der Waals surface area contributed by atoms with Crippen LogP contribution in [0.5, 0.6) is 0 Å². The van der Waals surface area contributed by atoms with Gasteiger partial charge in [-0.3, -0.25) is 14.6 Å². The Balaban J connectivity index is 1.57. The number of anilines is 1. The molecule has 0 saturated carbocycles. The number of nitrogens with zero attached hydrogens (tertiary/aromatic N) is 3. The fourth-order valence-electron chi connectivity index (χ4n) is 3.61. The van der Waals surface area contributed by atoms with Crippen molar-refractivity contribution in [2.45, 2.75) is 6.54 Å². The number of halogens is 1. The molecule has 2 amide bonds. The third-order valence-electron chi connectivity index (χ3n) is 4.96. The molecule has 28 heavy (non-hydrogen) atoms. The van der Waals surface area contributed by atoms with Gasteiger partial charge in [0.05, 0.1) is 34.6 Å². The van der Waals surface area contributed by atoms with Crippen molar-refractivity contribution < 1.29 is 14.0 Å². The molecule has 136 valence electrons. The quantitative estimate of drug-likeness (QED) is 0.511. The topological polar surface area (TPSA) is 55.2 Å². The predicted molar refractivity (Wildman–Crippen MR) is 103 cm³/mol. The lowest BCUT2D eigenvalue weighted by molar-refractivity contribution is 0.0925. The summed E-state index contributed by atoms with van der Waals surface area (Å²) in [6, 6.07) is 17.0. The van der Waals surface area contributed by atoms with Crippen LogP contribution in [-0.2, 0) is 6.54 Å². The second kappa shape index (κ2) is 6.13. The average Bonchev–Trinajstić information content (AvgIpc) is 3.24. The minimum Gasteiger partial charge on any atom is -0.341 e. The maximum Gasteiger partial charge on any atom is 0.266 e. The summed E-state index contributed by atoms with van der Waals surface area (Å²) in [5.41, 5.74) is 2.07. The van der Waals surface area contributed by atoms with Crippen LogP contribution >= 0.6 is 0 Å². The fourth-order valence-corrected chi connectivity index (χ4v) is 3.61. The molecule has 0 aliphatic carbocycles. The molecule has 2 aromatic heterocycles. The third-order valence-corrected chi connectivity index (χ3v) is 4.96. The van der Waals surface area contributed by atoms with Crippen molar-refractivity contribution in [2.24, 2.45) is 0 Å². The predicted octanol–water partition coefficient (Wildman–Crippen LogP) is 4.02. The number of pyridine rings is 1. The molecule has 3 heterocycles. The summed E-state index contributed by atoms with van der Waals surface area (Å²) in [7, 11) is 0. The van der Waals surface area contributed by atoms with E-state index >= 15 is 4.39 Å². The Morgan fingerprint density at radius 3 is 2.25 bits per heavy atom. The summed E-state index contributed by atoms with van der Waals surface area (Å²) in [4.78, 5) is 30.5. The molecule has 5 rings (SSSR count). The first-order chi connectivity index (χ1) is 13.6. The van der Waals surface area contributed by atoms with Gasteiger partial charge in [0.25, 0.3) is 11.8 Å². The van der Waals surface area contributed by atoms with Gasteiger partial charge in [0.15, 0.2) is 5.82 Å². The number of carbonyl (C=O) groups excluding carboxylic acids is 2. The second-order valence-corrected chi connectivity index (χ2v) is 6.59. The van der Waals surface area contributed by atoms with Crippen molar-refractivity contribution in [3.8, 4) is 0 Å². The van der Waals surface area contributed by atoms with Crippen LogP contribution in [-0.4, -0.2) is 21.4 Å². The molecule has 0 bridgehead atoms. The van der Waals surface area contributed by atoms with E-state index in [2.05, 4.69) is 4.98 Å². The van der Waals surface area contributed by atoms with Gasteiger partial charge in [-0.15, -0.1) is 0 Å². The zero-order chi connectivity index (χ0) is 19.3. The minimum atomic E-state index is -0.591. The van der Waals surface area contributed by atoms with Crippen molar-refractivity contribution in [1.82, 2.24) is 9.55 Å². The normalized spacial score (nSPS) is 13.4. The maximum absolute atomic E-state index is 15.3. The van der Waals surface area contributed by atoms with Crippen LogP contribution in [0.4, 0.5) is 10.1 Å². The molecule has 0 N–H and O–H groups in total. The zero-order valence-corrected chi connectivity index (χ0v) is 14.7. The van der Waals surface area contributed by atoms with Gasteiger partial charge in [0.1, 0.15) is 0 Å². The van der Waals surface area contributed by atoms with Gasteiger partial charge in [-0.2, -0.15) is 0 Å². The Morgan fingerprint density at radius 2 is 1.57 bits per heavy atom. The lowest BCUT2D eigenvalue weighted by Gasteiger charge is -2.15. The van der Waals surface area contributed by atoms with Gasteiger partial charge < -0.3 is 4.57 Å². The Labute approximate surface area is 159 Å². The summed E-state index contributed by atoms with van der Waals surface area (Å²) in [5.74, 6) is -1.61. The molecule has 0 saturated heterocycles. The van der Waals surface area contributed by atoms with Crippen LogP contribution < -0.4 is 4.90 Å². The van der Waals surface area contributed by atoms with Gasteiger partial charge in [0, 0.05) is 17.8 Å². The standard InChI is InChI=1S/C22H14FN3O2/c23-20-17-10-12-25(13-14-5-3-4-11-24-14)18(17)8-9-19(20)26-21(27)15-6-1-2-7-16(15)22(26)28/h1-12H,13H2. The second-order valence-electron chi connectivity index (χ2n) is 6.59. The number of hydrogen-bond donors (Lipinski definition) is 0. The molecule has 0 fully saturated rings. The van der Waals surface area contributed by atoms with E-state index < -0.39 is 17.6 Å². The van der Waals surface area contributed by atoms with Gasteiger partial charge in [-0.1, -0.05) is 18.2 Å². The molecule has 6 heteroatoms. The van der Waals surface area contributed by atoms with Crippen molar-refractivity contribution in [1.29, 1.82) is 0 Å². The fraction of sp³-hybridized carbons (Fsp3) is 0.0455. The molecule has 5 nitrogen and oxygen atoms in total. The summed E-state index contributed by atoms with van der Waals surface area (Å²) < 4.78 is 17.1. The first kappa shape index (κ1) is 16.4. The molecule has 1 aliphatic rings. The SMILES string of the molecule is O=C1c2ccccc2C(=O)N1c1ccc2c(ccn2Cc2ccccn2)c1F. The molecule has 0 spiro atoms. The molecule has 0 atom stereocenters. The molecular formula is C22H14FN3O2. The van der Waals surface area contributed by atoms with Crippen molar-refractivity contribution in [2.75, 3.05) is 4.90 Å². The number of rotatable bonds is 3. The highest BCUT2D eigenvalue weighted by atomic mass is 19.1. The van der Waals surface area contributed by atoms with E-state index in [0.717, 1.165) is 10.6 Å². The monoisotopic (exact) mass is 371 g/mol. The largest absolute Gasteiger partial charge is 0.341 e. The van der Waals surface area contributed by atoms with E-state index in [4.69, 9.17) is 0 Å². The Hall–Kier alpha value is -3.80. The highest BCUT2D eigenvalue weighted by Gasteiger charge is 2.38. The van der Waals surface area contributed by atoms with Gasteiger partial charge >= 0.3 is 0 Å². The molecule has 0 radical (unpaired) electrons. The Morgan fingerprint density at radius 1 is 0.857 bits per heavy atom. The Bertz CT molecular complexity index is 1210. The highest BCUT2D eigenvalue weighted by Crippen LogP contribution is 2.34. The zero-order valence-electron chi connectivity index (χ0n) is 14.7. The number of fused-ring (bicyclic) bond motifs is 2. The summed E-state index contributed by atoms with van der Waals surface area (Å²) in [6.07, 6.45) is 3.48. The summed E-state index contributed by atoms with van der Waals surface area (Å²) >= 11 is 0. The first-order valence-corrected chi connectivity index (χ1v) is 8.80. The van der Waals surface area contributed by atoms with Gasteiger partial charge in [-0.25, -0.2) is 9.29 Å². The summed E-state index contributed by atoms with van der Waals surface area (Å²) in [6.45, 7) is 0.496. The Kier molecular flexibility index (Phi) is 3.58. The number of carbonyl (C=O) groups is 2.